The normalized spacial score (nSPS) is 18.4. The minimum Gasteiger partial charge on any atom is -0.451 e. The number of rotatable bonds is 6. The number of fused-ring (bicyclic) bond motifs is 1. The first-order valence-electron chi connectivity index (χ1n) is 9.76. The quantitative estimate of drug-likeness (QED) is 0.700. The largest absolute Gasteiger partial charge is 0.451 e. The van der Waals surface area contributed by atoms with Gasteiger partial charge in [0, 0.05) is 43.2 Å². The van der Waals surface area contributed by atoms with Gasteiger partial charge in [-0.2, -0.15) is 0 Å². The molecule has 0 bridgehead atoms. The number of nitrogens with one attached hydrogen (secondary N) is 1. The predicted octanol–water partition coefficient (Wildman–Crippen LogP) is 4.14. The van der Waals surface area contributed by atoms with Crippen molar-refractivity contribution < 1.29 is 13.9 Å². The van der Waals surface area contributed by atoms with E-state index in [4.69, 9.17) is 9.15 Å². The fourth-order valence-electron chi connectivity index (χ4n) is 4.02. The highest BCUT2D eigenvalue weighted by Gasteiger charge is 2.29. The maximum Gasteiger partial charge on any atom is 0.287 e. The van der Waals surface area contributed by atoms with E-state index in [0.29, 0.717) is 24.0 Å². The average molecular weight is 378 g/mol. The van der Waals surface area contributed by atoms with Crippen molar-refractivity contribution in [1.82, 2.24) is 10.2 Å². The van der Waals surface area contributed by atoms with Crippen LogP contribution in [0.25, 0.3) is 11.0 Å². The van der Waals surface area contributed by atoms with Crippen LogP contribution in [-0.4, -0.2) is 37.0 Å². The lowest BCUT2D eigenvalue weighted by Crippen LogP contribution is -2.37. The first-order valence-corrected chi connectivity index (χ1v) is 9.76. The van der Waals surface area contributed by atoms with E-state index >= 15 is 0 Å². The van der Waals surface area contributed by atoms with E-state index in [1.54, 1.807) is 7.11 Å². The molecule has 4 rings (SSSR count). The van der Waals surface area contributed by atoms with Crippen LogP contribution in [0.3, 0.4) is 0 Å². The molecule has 146 valence electrons. The third-order valence-corrected chi connectivity index (χ3v) is 5.58. The number of hydrogen-bond acceptors (Lipinski definition) is 4. The molecule has 0 aliphatic carbocycles. The number of amides is 1. The number of furan rings is 1. The molecule has 5 nitrogen and oxygen atoms in total. The zero-order valence-corrected chi connectivity index (χ0v) is 16.4. The number of hydrogen-bond donors (Lipinski definition) is 1. The van der Waals surface area contributed by atoms with Crippen LogP contribution >= 0.6 is 0 Å². The third kappa shape index (κ3) is 3.68. The van der Waals surface area contributed by atoms with Gasteiger partial charge in [0.15, 0.2) is 5.76 Å². The number of carbonyl (C=O) groups excluding carboxylic acids is 1. The summed E-state index contributed by atoms with van der Waals surface area (Å²) < 4.78 is 11.2. The summed E-state index contributed by atoms with van der Waals surface area (Å²) in [6, 6.07) is 18.6. The molecular weight excluding hydrogens is 352 g/mol. The Balaban J connectivity index is 1.46. The molecule has 1 fully saturated rings. The Morgan fingerprint density at radius 1 is 1.21 bits per heavy atom. The molecule has 0 radical (unpaired) electrons. The zero-order chi connectivity index (χ0) is 19.5. The first-order chi connectivity index (χ1) is 13.7. The van der Waals surface area contributed by atoms with Gasteiger partial charge in [-0.05, 0) is 25.0 Å². The van der Waals surface area contributed by atoms with Crippen LogP contribution in [0.2, 0.25) is 0 Å². The van der Waals surface area contributed by atoms with Crippen LogP contribution in [0.15, 0.2) is 59.0 Å². The zero-order valence-electron chi connectivity index (χ0n) is 16.4. The Hall–Kier alpha value is -2.63. The van der Waals surface area contributed by atoms with Gasteiger partial charge in [-0.15, -0.1) is 0 Å². The Morgan fingerprint density at radius 3 is 2.75 bits per heavy atom. The molecule has 28 heavy (non-hydrogen) atoms. The molecule has 1 aromatic heterocycles. The molecule has 1 N–H and O–H groups in total. The van der Waals surface area contributed by atoms with Crippen molar-refractivity contribution in [3.05, 3.63) is 71.5 Å². The SMILES string of the molecule is COCc1c(C(=O)NC2CCN(C(C)c3ccccc3)C2)oc2ccccc12. The van der Waals surface area contributed by atoms with Gasteiger partial charge >= 0.3 is 0 Å². The summed E-state index contributed by atoms with van der Waals surface area (Å²) in [5, 5.41) is 4.09. The van der Waals surface area contributed by atoms with Crippen LogP contribution < -0.4 is 5.32 Å². The van der Waals surface area contributed by atoms with Gasteiger partial charge in [-0.25, -0.2) is 0 Å². The summed E-state index contributed by atoms with van der Waals surface area (Å²) in [5.74, 6) is 0.195. The summed E-state index contributed by atoms with van der Waals surface area (Å²) in [4.78, 5) is 15.3. The van der Waals surface area contributed by atoms with Crippen LogP contribution in [-0.2, 0) is 11.3 Å². The lowest BCUT2D eigenvalue weighted by Gasteiger charge is -2.24. The summed E-state index contributed by atoms with van der Waals surface area (Å²) in [6.45, 7) is 4.37. The minimum absolute atomic E-state index is 0.113. The highest BCUT2D eigenvalue weighted by molar-refractivity contribution is 5.99. The summed E-state index contributed by atoms with van der Waals surface area (Å²) >= 11 is 0. The summed E-state index contributed by atoms with van der Waals surface area (Å²) in [5.41, 5.74) is 2.82. The number of benzene rings is 2. The van der Waals surface area contributed by atoms with E-state index in [9.17, 15) is 4.79 Å². The molecule has 5 heteroatoms. The topological polar surface area (TPSA) is 54.7 Å². The monoisotopic (exact) mass is 378 g/mol. The highest BCUT2D eigenvalue weighted by atomic mass is 16.5. The van der Waals surface area contributed by atoms with Crippen LogP contribution in [0.5, 0.6) is 0 Å². The van der Waals surface area contributed by atoms with Crippen molar-refractivity contribution in [1.29, 1.82) is 0 Å². The predicted molar refractivity (Wildman–Crippen MR) is 109 cm³/mol. The van der Waals surface area contributed by atoms with E-state index in [2.05, 4.69) is 41.4 Å². The van der Waals surface area contributed by atoms with E-state index < -0.39 is 0 Å². The molecule has 1 amide bonds. The fourth-order valence-corrected chi connectivity index (χ4v) is 4.02. The number of nitrogens with zero attached hydrogens (tertiary/aromatic N) is 1. The molecule has 2 unspecified atom stereocenters. The van der Waals surface area contributed by atoms with Crippen molar-refractivity contribution in [3.8, 4) is 0 Å². The van der Waals surface area contributed by atoms with Crippen molar-refractivity contribution >= 4 is 16.9 Å². The molecule has 0 spiro atoms. The highest BCUT2D eigenvalue weighted by Crippen LogP contribution is 2.28. The second-order valence-electron chi connectivity index (χ2n) is 7.38. The second kappa shape index (κ2) is 8.17. The third-order valence-electron chi connectivity index (χ3n) is 5.58. The number of para-hydroxylation sites is 1. The molecule has 2 atom stereocenters. The van der Waals surface area contributed by atoms with E-state index in [1.807, 2.05) is 30.3 Å². The molecule has 1 aliphatic rings. The standard InChI is InChI=1S/C23H26N2O3/c1-16(17-8-4-3-5-9-17)25-13-12-18(14-25)24-23(26)22-20(15-27-2)19-10-6-7-11-21(19)28-22/h3-11,16,18H,12-15H2,1-2H3,(H,24,26). The van der Waals surface area contributed by atoms with Crippen LogP contribution in [0, 0.1) is 0 Å². The minimum atomic E-state index is -0.164. The van der Waals surface area contributed by atoms with Gasteiger partial charge in [-0.1, -0.05) is 48.5 Å². The lowest BCUT2D eigenvalue weighted by atomic mass is 10.1. The first kappa shape index (κ1) is 18.7. The maximum absolute atomic E-state index is 12.9. The Morgan fingerprint density at radius 2 is 1.96 bits per heavy atom. The Kier molecular flexibility index (Phi) is 5.46. The fraction of sp³-hybridized carbons (Fsp3) is 0.348. The van der Waals surface area contributed by atoms with Gasteiger partial charge in [0.1, 0.15) is 5.58 Å². The van der Waals surface area contributed by atoms with E-state index in [0.717, 1.165) is 30.5 Å². The Bertz CT molecular complexity index is 951. The number of carbonyl (C=O) groups is 1. The molecule has 1 aliphatic heterocycles. The lowest BCUT2D eigenvalue weighted by molar-refractivity contribution is 0.0904. The molecule has 2 heterocycles. The number of methoxy groups -OCH3 is 1. The number of ether oxygens (including phenoxy) is 1. The molecule has 0 saturated carbocycles. The molecule has 3 aromatic rings. The number of likely N-dealkylation sites (tertiary alicyclic amines) is 1. The summed E-state index contributed by atoms with van der Waals surface area (Å²) in [7, 11) is 1.63. The second-order valence-corrected chi connectivity index (χ2v) is 7.38. The average Bonchev–Trinajstić information content (AvgIpc) is 3.33. The summed E-state index contributed by atoms with van der Waals surface area (Å²) in [6.07, 6.45) is 0.933. The molecule has 1 saturated heterocycles. The van der Waals surface area contributed by atoms with Gasteiger partial charge in [-0.3, -0.25) is 9.69 Å². The van der Waals surface area contributed by atoms with Crippen LogP contribution in [0.4, 0.5) is 0 Å². The smallest absolute Gasteiger partial charge is 0.287 e. The molecule has 2 aromatic carbocycles. The van der Waals surface area contributed by atoms with Crippen molar-refractivity contribution in [2.24, 2.45) is 0 Å². The van der Waals surface area contributed by atoms with Crippen molar-refractivity contribution in [3.63, 3.8) is 0 Å². The van der Waals surface area contributed by atoms with Crippen molar-refractivity contribution in [2.75, 3.05) is 20.2 Å². The van der Waals surface area contributed by atoms with Gasteiger partial charge in [0.25, 0.3) is 5.91 Å². The maximum atomic E-state index is 12.9. The molecular formula is C23H26N2O3. The van der Waals surface area contributed by atoms with Gasteiger partial charge < -0.3 is 14.5 Å². The van der Waals surface area contributed by atoms with Gasteiger partial charge in [0.2, 0.25) is 0 Å². The van der Waals surface area contributed by atoms with Gasteiger partial charge in [0.05, 0.1) is 6.61 Å². The van der Waals surface area contributed by atoms with Crippen LogP contribution in [0.1, 0.15) is 41.1 Å². The Labute approximate surface area is 165 Å². The van der Waals surface area contributed by atoms with Crippen molar-refractivity contribution in [2.45, 2.75) is 32.0 Å². The van der Waals surface area contributed by atoms with E-state index in [1.165, 1.54) is 5.56 Å². The van der Waals surface area contributed by atoms with E-state index in [-0.39, 0.29) is 11.9 Å².